The number of hydroxylamine groups is 1. The van der Waals surface area contributed by atoms with Gasteiger partial charge in [0.05, 0.1) is 12.0 Å². The van der Waals surface area contributed by atoms with Gasteiger partial charge in [0.2, 0.25) is 11.8 Å². The van der Waals surface area contributed by atoms with Crippen LogP contribution in [0.3, 0.4) is 0 Å². The average molecular weight is 340 g/mol. The quantitative estimate of drug-likeness (QED) is 0.839. The molecular formula is C18H20N4O3. The number of carbonyl (C=O) groups is 2. The van der Waals surface area contributed by atoms with Gasteiger partial charge in [-0.3, -0.25) is 24.4 Å². The fraction of sp³-hybridized carbons (Fsp3) is 0.333. The van der Waals surface area contributed by atoms with Crippen LogP contribution >= 0.6 is 0 Å². The zero-order valence-electron chi connectivity index (χ0n) is 14.1. The Balaban J connectivity index is 1.69. The van der Waals surface area contributed by atoms with E-state index in [2.05, 4.69) is 15.4 Å². The molecule has 2 aromatic rings. The van der Waals surface area contributed by atoms with Gasteiger partial charge in [-0.25, -0.2) is 5.48 Å². The van der Waals surface area contributed by atoms with Crippen LogP contribution in [0.1, 0.15) is 36.6 Å². The summed E-state index contributed by atoms with van der Waals surface area (Å²) >= 11 is 0. The fourth-order valence-electron chi connectivity index (χ4n) is 3.04. The molecule has 3 atom stereocenters. The van der Waals surface area contributed by atoms with Gasteiger partial charge in [0.15, 0.2) is 0 Å². The van der Waals surface area contributed by atoms with Crippen molar-refractivity contribution in [1.82, 2.24) is 20.3 Å². The van der Waals surface area contributed by atoms with Crippen molar-refractivity contribution in [1.29, 1.82) is 0 Å². The molecular weight excluding hydrogens is 320 g/mol. The highest BCUT2D eigenvalue weighted by molar-refractivity contribution is 5.89. The Labute approximate surface area is 146 Å². The maximum Gasteiger partial charge on any atom is 0.249 e. The molecule has 25 heavy (non-hydrogen) atoms. The van der Waals surface area contributed by atoms with Crippen LogP contribution in [0.15, 0.2) is 49.1 Å². The first-order valence-electron chi connectivity index (χ1n) is 8.09. The number of hydrogen-bond donors (Lipinski definition) is 1. The Kier molecular flexibility index (Phi) is 5.04. The van der Waals surface area contributed by atoms with Crippen LogP contribution in [0.25, 0.3) is 0 Å². The number of nitrogens with one attached hydrogen (secondary N) is 1. The topological polar surface area (TPSA) is 84.4 Å². The summed E-state index contributed by atoms with van der Waals surface area (Å²) < 4.78 is 0. The molecule has 7 nitrogen and oxygen atoms in total. The first kappa shape index (κ1) is 17.0. The molecule has 0 radical (unpaired) electrons. The summed E-state index contributed by atoms with van der Waals surface area (Å²) in [6.45, 7) is 1.83. The Morgan fingerprint density at radius 3 is 2.72 bits per heavy atom. The summed E-state index contributed by atoms with van der Waals surface area (Å²) in [6.07, 6.45) is 6.50. The Morgan fingerprint density at radius 2 is 2.04 bits per heavy atom. The van der Waals surface area contributed by atoms with Gasteiger partial charge < -0.3 is 4.90 Å². The molecule has 0 spiro atoms. The number of rotatable bonds is 5. The molecule has 0 saturated carbocycles. The SMILES string of the molecule is C[C@H](ONC(=O)[C@@H]1CC(=O)N(C)[C@H]1c1cccnc1)c1ccncc1. The van der Waals surface area contributed by atoms with Crippen molar-refractivity contribution in [3.8, 4) is 0 Å². The van der Waals surface area contributed by atoms with Crippen molar-refractivity contribution in [3.63, 3.8) is 0 Å². The van der Waals surface area contributed by atoms with Gasteiger partial charge in [0.1, 0.15) is 6.10 Å². The van der Waals surface area contributed by atoms with Gasteiger partial charge in [0.25, 0.3) is 0 Å². The van der Waals surface area contributed by atoms with E-state index in [1.54, 1.807) is 42.8 Å². The van der Waals surface area contributed by atoms with Crippen LogP contribution in [-0.4, -0.2) is 33.7 Å². The molecule has 2 amide bonds. The maximum atomic E-state index is 12.6. The minimum absolute atomic E-state index is 0.0730. The molecule has 1 fully saturated rings. The van der Waals surface area contributed by atoms with Gasteiger partial charge in [-0.2, -0.15) is 0 Å². The van der Waals surface area contributed by atoms with E-state index in [4.69, 9.17) is 4.84 Å². The summed E-state index contributed by atoms with van der Waals surface area (Å²) in [5, 5.41) is 0. The predicted octanol–water partition coefficient (Wildman–Crippen LogP) is 1.80. The third-order valence-corrected chi connectivity index (χ3v) is 4.46. The van der Waals surface area contributed by atoms with Crippen LogP contribution in [0.5, 0.6) is 0 Å². The Hall–Kier alpha value is -2.80. The van der Waals surface area contributed by atoms with Crippen LogP contribution in [0.2, 0.25) is 0 Å². The predicted molar refractivity (Wildman–Crippen MR) is 89.7 cm³/mol. The van der Waals surface area contributed by atoms with E-state index in [-0.39, 0.29) is 30.4 Å². The lowest BCUT2D eigenvalue weighted by Gasteiger charge is -2.24. The number of amides is 2. The first-order chi connectivity index (χ1) is 12.1. The van der Waals surface area contributed by atoms with E-state index in [1.807, 2.05) is 25.1 Å². The highest BCUT2D eigenvalue weighted by Crippen LogP contribution is 2.36. The van der Waals surface area contributed by atoms with Crippen molar-refractivity contribution in [2.75, 3.05) is 7.05 Å². The first-order valence-corrected chi connectivity index (χ1v) is 8.09. The van der Waals surface area contributed by atoms with Crippen molar-refractivity contribution in [3.05, 3.63) is 60.2 Å². The van der Waals surface area contributed by atoms with E-state index < -0.39 is 5.92 Å². The normalized spacial score (nSPS) is 21.2. The lowest BCUT2D eigenvalue weighted by atomic mass is 9.94. The molecule has 1 aliphatic rings. The zero-order chi connectivity index (χ0) is 17.8. The zero-order valence-corrected chi connectivity index (χ0v) is 14.1. The molecule has 0 aliphatic carbocycles. The maximum absolute atomic E-state index is 12.6. The van der Waals surface area contributed by atoms with E-state index in [0.717, 1.165) is 11.1 Å². The average Bonchev–Trinajstić information content (AvgIpc) is 2.96. The minimum Gasteiger partial charge on any atom is -0.338 e. The van der Waals surface area contributed by atoms with Crippen molar-refractivity contribution >= 4 is 11.8 Å². The molecule has 0 bridgehead atoms. The van der Waals surface area contributed by atoms with E-state index >= 15 is 0 Å². The number of aromatic nitrogens is 2. The summed E-state index contributed by atoms with van der Waals surface area (Å²) in [5.74, 6) is -0.907. The van der Waals surface area contributed by atoms with Gasteiger partial charge in [-0.1, -0.05) is 6.07 Å². The summed E-state index contributed by atoms with van der Waals surface area (Å²) in [4.78, 5) is 39.8. The number of nitrogens with zero attached hydrogens (tertiary/aromatic N) is 3. The molecule has 1 aliphatic heterocycles. The number of carbonyl (C=O) groups excluding carboxylic acids is 2. The van der Waals surface area contributed by atoms with E-state index in [9.17, 15) is 9.59 Å². The van der Waals surface area contributed by atoms with Crippen LogP contribution in [0.4, 0.5) is 0 Å². The monoisotopic (exact) mass is 340 g/mol. The molecule has 0 unspecified atom stereocenters. The Bertz CT molecular complexity index is 739. The van der Waals surface area contributed by atoms with Crippen LogP contribution < -0.4 is 5.48 Å². The van der Waals surface area contributed by atoms with Gasteiger partial charge in [0, 0.05) is 38.3 Å². The number of hydrogen-bond acceptors (Lipinski definition) is 5. The van der Waals surface area contributed by atoms with Gasteiger partial charge >= 0.3 is 0 Å². The van der Waals surface area contributed by atoms with Crippen molar-refractivity contribution < 1.29 is 14.4 Å². The molecule has 2 aromatic heterocycles. The molecule has 7 heteroatoms. The molecule has 0 aromatic carbocycles. The molecule has 130 valence electrons. The lowest BCUT2D eigenvalue weighted by molar-refractivity contribution is -0.143. The fourth-order valence-corrected chi connectivity index (χ4v) is 3.04. The summed E-state index contributed by atoms with van der Waals surface area (Å²) in [7, 11) is 1.70. The van der Waals surface area contributed by atoms with Crippen molar-refractivity contribution in [2.45, 2.75) is 25.5 Å². The summed E-state index contributed by atoms with van der Waals surface area (Å²) in [5.41, 5.74) is 4.24. The highest BCUT2D eigenvalue weighted by Gasteiger charge is 2.43. The molecule has 3 heterocycles. The second kappa shape index (κ2) is 7.40. The highest BCUT2D eigenvalue weighted by atomic mass is 16.7. The summed E-state index contributed by atoms with van der Waals surface area (Å²) in [6, 6.07) is 6.96. The molecule has 1 N–H and O–H groups in total. The smallest absolute Gasteiger partial charge is 0.249 e. The third-order valence-electron chi connectivity index (χ3n) is 4.46. The lowest BCUT2D eigenvalue weighted by Crippen LogP contribution is -2.35. The third kappa shape index (κ3) is 3.66. The standard InChI is InChI=1S/C18H20N4O3/c1-12(13-5-8-19-9-6-13)25-21-18(24)15-10-16(23)22(2)17(15)14-4-3-7-20-11-14/h3-9,11-12,15,17H,10H2,1-2H3,(H,21,24)/t12-,15+,17-/m0/s1. The largest absolute Gasteiger partial charge is 0.338 e. The van der Waals surface area contributed by atoms with Gasteiger partial charge in [-0.05, 0) is 36.2 Å². The second-order valence-electron chi connectivity index (χ2n) is 6.05. The Morgan fingerprint density at radius 1 is 1.28 bits per heavy atom. The van der Waals surface area contributed by atoms with E-state index in [1.165, 1.54) is 0 Å². The van der Waals surface area contributed by atoms with Crippen LogP contribution in [-0.2, 0) is 14.4 Å². The molecule has 1 saturated heterocycles. The van der Waals surface area contributed by atoms with Gasteiger partial charge in [-0.15, -0.1) is 0 Å². The number of pyridine rings is 2. The molecule has 3 rings (SSSR count). The number of likely N-dealkylation sites (tertiary alicyclic amines) is 1. The van der Waals surface area contributed by atoms with E-state index in [0.29, 0.717) is 0 Å². The second-order valence-corrected chi connectivity index (χ2v) is 6.05. The minimum atomic E-state index is -0.522. The van der Waals surface area contributed by atoms with Crippen molar-refractivity contribution in [2.24, 2.45) is 5.92 Å². The van der Waals surface area contributed by atoms with Crippen LogP contribution in [0, 0.1) is 5.92 Å².